The lowest BCUT2D eigenvalue weighted by Crippen LogP contribution is -2.31. The second-order valence-corrected chi connectivity index (χ2v) is 4.02. The number of nitrogens with one attached hydrogen (secondary N) is 1. The van der Waals surface area contributed by atoms with E-state index in [1.54, 1.807) is 6.20 Å². The molecule has 0 aliphatic rings. The minimum Gasteiger partial charge on any atom is -0.336 e. The minimum atomic E-state index is -0.177. The number of aromatic nitrogens is 4. The molecule has 0 saturated carbocycles. The quantitative estimate of drug-likeness (QED) is 0.590. The fourth-order valence-electron chi connectivity index (χ4n) is 1.82. The lowest BCUT2D eigenvalue weighted by molar-refractivity contribution is 0.572. The van der Waals surface area contributed by atoms with Crippen LogP contribution in [0.15, 0.2) is 18.5 Å². The third-order valence-electron chi connectivity index (χ3n) is 2.73. The summed E-state index contributed by atoms with van der Waals surface area (Å²) in [6.45, 7) is 3.82. The van der Waals surface area contributed by atoms with E-state index in [0.29, 0.717) is 0 Å². The molecule has 0 spiro atoms. The summed E-state index contributed by atoms with van der Waals surface area (Å²) in [5.41, 5.74) is 5.48. The molecule has 2 rings (SSSR count). The van der Waals surface area contributed by atoms with Gasteiger partial charge in [0.25, 0.3) is 0 Å². The zero-order valence-corrected chi connectivity index (χ0v) is 10.2. The van der Waals surface area contributed by atoms with Crippen LogP contribution in [0.3, 0.4) is 0 Å². The molecule has 0 radical (unpaired) electrons. The number of hydrogen-bond donors (Lipinski definition) is 2. The van der Waals surface area contributed by atoms with Crippen LogP contribution in [-0.2, 0) is 7.05 Å². The molecular formula is C11H16N6. The van der Waals surface area contributed by atoms with E-state index in [9.17, 15) is 0 Å². The highest BCUT2D eigenvalue weighted by Crippen LogP contribution is 2.21. The van der Waals surface area contributed by atoms with E-state index in [1.807, 2.05) is 37.7 Å². The number of imidazole rings is 1. The van der Waals surface area contributed by atoms with Gasteiger partial charge in [-0.3, -0.25) is 5.84 Å². The van der Waals surface area contributed by atoms with E-state index < -0.39 is 0 Å². The van der Waals surface area contributed by atoms with Crippen molar-refractivity contribution in [2.75, 3.05) is 0 Å². The molecule has 2 aromatic heterocycles. The maximum atomic E-state index is 5.63. The van der Waals surface area contributed by atoms with Crippen molar-refractivity contribution < 1.29 is 0 Å². The topological polar surface area (TPSA) is 81.6 Å². The fraction of sp³-hybridized carbons (Fsp3) is 0.364. The number of nitrogens with zero attached hydrogens (tertiary/aromatic N) is 4. The van der Waals surface area contributed by atoms with Crippen molar-refractivity contribution in [2.24, 2.45) is 12.9 Å². The van der Waals surface area contributed by atoms with Gasteiger partial charge in [0.05, 0.1) is 11.4 Å². The van der Waals surface area contributed by atoms with Crippen molar-refractivity contribution in [3.05, 3.63) is 41.2 Å². The van der Waals surface area contributed by atoms with Crippen molar-refractivity contribution >= 4 is 0 Å². The summed E-state index contributed by atoms with van der Waals surface area (Å²) in [5, 5.41) is 8.12. The van der Waals surface area contributed by atoms with Gasteiger partial charge >= 0.3 is 0 Å². The Hall–Kier alpha value is -1.79. The van der Waals surface area contributed by atoms with Crippen LogP contribution in [0.4, 0.5) is 0 Å². The number of hydrogen-bond acceptors (Lipinski definition) is 5. The van der Waals surface area contributed by atoms with Crippen molar-refractivity contribution in [1.29, 1.82) is 0 Å². The van der Waals surface area contributed by atoms with E-state index in [-0.39, 0.29) is 6.04 Å². The first-order chi connectivity index (χ1) is 8.13. The van der Waals surface area contributed by atoms with Crippen LogP contribution in [0.1, 0.15) is 28.8 Å². The van der Waals surface area contributed by atoms with Crippen molar-refractivity contribution in [3.63, 3.8) is 0 Å². The Morgan fingerprint density at radius 2 is 2.12 bits per heavy atom. The first-order valence-corrected chi connectivity index (χ1v) is 5.37. The van der Waals surface area contributed by atoms with Gasteiger partial charge in [0.2, 0.25) is 0 Å². The van der Waals surface area contributed by atoms with Gasteiger partial charge in [-0.2, -0.15) is 10.2 Å². The molecule has 0 bridgehead atoms. The minimum absolute atomic E-state index is 0.177. The standard InChI is InChI=1S/C11H16N6/c1-7-6-9(8(2)16-15-7)10(14-12)11-13-4-5-17(11)3/h4-6,10,14H,12H2,1-3H3. The molecule has 0 amide bonds. The molecule has 0 aromatic carbocycles. The highest BCUT2D eigenvalue weighted by atomic mass is 15.3. The van der Waals surface area contributed by atoms with Crippen molar-refractivity contribution in [1.82, 2.24) is 25.2 Å². The number of rotatable bonds is 3. The van der Waals surface area contributed by atoms with Crippen molar-refractivity contribution in [2.45, 2.75) is 19.9 Å². The molecule has 1 unspecified atom stereocenters. The molecule has 0 saturated heterocycles. The summed E-state index contributed by atoms with van der Waals surface area (Å²) < 4.78 is 1.93. The molecule has 2 heterocycles. The summed E-state index contributed by atoms with van der Waals surface area (Å²) in [5.74, 6) is 6.48. The van der Waals surface area contributed by atoms with Crippen LogP contribution in [0.25, 0.3) is 0 Å². The molecule has 0 fully saturated rings. The number of aryl methyl sites for hydroxylation is 3. The van der Waals surface area contributed by atoms with Gasteiger partial charge in [0.15, 0.2) is 0 Å². The highest BCUT2D eigenvalue weighted by Gasteiger charge is 2.19. The van der Waals surface area contributed by atoms with Crippen LogP contribution < -0.4 is 11.3 Å². The van der Waals surface area contributed by atoms with Crippen LogP contribution in [-0.4, -0.2) is 19.7 Å². The van der Waals surface area contributed by atoms with Crippen LogP contribution >= 0.6 is 0 Å². The van der Waals surface area contributed by atoms with Gasteiger partial charge in [-0.15, -0.1) is 0 Å². The fourth-order valence-corrected chi connectivity index (χ4v) is 1.82. The van der Waals surface area contributed by atoms with Gasteiger partial charge in [-0.25, -0.2) is 10.4 Å². The summed E-state index contributed by atoms with van der Waals surface area (Å²) >= 11 is 0. The number of nitrogens with two attached hydrogens (primary N) is 1. The zero-order chi connectivity index (χ0) is 12.4. The van der Waals surface area contributed by atoms with Crippen molar-refractivity contribution in [3.8, 4) is 0 Å². The molecule has 17 heavy (non-hydrogen) atoms. The zero-order valence-electron chi connectivity index (χ0n) is 10.2. The van der Waals surface area contributed by atoms with Crippen LogP contribution in [0.5, 0.6) is 0 Å². The van der Waals surface area contributed by atoms with E-state index in [2.05, 4.69) is 20.6 Å². The normalized spacial score (nSPS) is 12.7. The maximum Gasteiger partial charge on any atom is 0.131 e. The monoisotopic (exact) mass is 232 g/mol. The van der Waals surface area contributed by atoms with Gasteiger partial charge in [0, 0.05) is 25.0 Å². The highest BCUT2D eigenvalue weighted by molar-refractivity contribution is 5.28. The van der Waals surface area contributed by atoms with Crippen LogP contribution in [0.2, 0.25) is 0 Å². The Bertz CT molecular complexity index is 518. The first-order valence-electron chi connectivity index (χ1n) is 5.37. The lowest BCUT2D eigenvalue weighted by atomic mass is 10.1. The molecule has 3 N–H and O–H groups in total. The average Bonchev–Trinajstić information content (AvgIpc) is 2.71. The van der Waals surface area contributed by atoms with Crippen LogP contribution in [0, 0.1) is 13.8 Å². The van der Waals surface area contributed by atoms with E-state index in [4.69, 9.17) is 5.84 Å². The predicted octanol–water partition coefficient (Wildman–Crippen LogP) is 0.380. The number of hydrazine groups is 1. The summed E-state index contributed by atoms with van der Waals surface area (Å²) in [4.78, 5) is 4.31. The Balaban J connectivity index is 2.49. The molecule has 6 heteroatoms. The molecule has 90 valence electrons. The molecule has 0 aliphatic heterocycles. The summed E-state index contributed by atoms with van der Waals surface area (Å²) in [7, 11) is 1.93. The van der Waals surface area contributed by atoms with Gasteiger partial charge in [-0.1, -0.05) is 0 Å². The Morgan fingerprint density at radius 1 is 1.35 bits per heavy atom. The maximum absolute atomic E-state index is 5.63. The third-order valence-corrected chi connectivity index (χ3v) is 2.73. The second kappa shape index (κ2) is 4.60. The molecule has 1 atom stereocenters. The summed E-state index contributed by atoms with van der Waals surface area (Å²) in [6, 6.07) is 1.80. The molecular weight excluding hydrogens is 216 g/mol. The lowest BCUT2D eigenvalue weighted by Gasteiger charge is -2.17. The van der Waals surface area contributed by atoms with E-state index in [1.165, 1.54) is 0 Å². The Labute approximate surface area is 99.9 Å². The average molecular weight is 232 g/mol. The second-order valence-electron chi connectivity index (χ2n) is 4.02. The Morgan fingerprint density at radius 3 is 2.71 bits per heavy atom. The van der Waals surface area contributed by atoms with Gasteiger partial charge < -0.3 is 4.57 Å². The largest absolute Gasteiger partial charge is 0.336 e. The predicted molar refractivity (Wildman–Crippen MR) is 63.9 cm³/mol. The molecule has 6 nitrogen and oxygen atoms in total. The smallest absolute Gasteiger partial charge is 0.131 e. The third kappa shape index (κ3) is 2.17. The first kappa shape index (κ1) is 11.7. The van der Waals surface area contributed by atoms with Gasteiger partial charge in [-0.05, 0) is 19.9 Å². The van der Waals surface area contributed by atoms with Gasteiger partial charge in [0.1, 0.15) is 11.9 Å². The summed E-state index contributed by atoms with van der Waals surface area (Å²) in [6.07, 6.45) is 3.63. The molecule has 0 aliphatic carbocycles. The van der Waals surface area contributed by atoms with E-state index >= 15 is 0 Å². The SMILES string of the molecule is Cc1cc(C(NN)c2nccn2C)c(C)nn1. The Kier molecular flexibility index (Phi) is 3.16. The van der Waals surface area contributed by atoms with E-state index in [0.717, 1.165) is 22.8 Å². The molecule has 2 aromatic rings.